The first kappa shape index (κ1) is 20.5. The number of nitrogens with zero attached hydrogens (tertiary/aromatic N) is 4. The lowest BCUT2D eigenvalue weighted by molar-refractivity contribution is -0.121. The summed E-state index contributed by atoms with van der Waals surface area (Å²) in [5.41, 5.74) is 2.15. The topological polar surface area (TPSA) is 102 Å². The van der Waals surface area contributed by atoms with Gasteiger partial charge in [0.15, 0.2) is 0 Å². The monoisotopic (exact) mass is 395 g/mol. The van der Waals surface area contributed by atoms with E-state index in [1.165, 1.54) is 6.07 Å². The molecule has 0 aliphatic rings. The zero-order chi connectivity index (χ0) is 20.6. The van der Waals surface area contributed by atoms with Gasteiger partial charge in [0.05, 0.1) is 18.5 Å². The van der Waals surface area contributed by atoms with Crippen LogP contribution in [-0.2, 0) is 17.8 Å². The summed E-state index contributed by atoms with van der Waals surface area (Å²) >= 11 is 0. The number of rotatable bonds is 9. The summed E-state index contributed by atoms with van der Waals surface area (Å²) in [5.74, 6) is -0.0918. The van der Waals surface area contributed by atoms with Gasteiger partial charge in [-0.25, -0.2) is 4.68 Å². The normalized spacial score (nSPS) is 11.9. The molecule has 152 valence electrons. The second-order valence-corrected chi connectivity index (χ2v) is 6.95. The zero-order valence-electron chi connectivity index (χ0n) is 16.4. The second-order valence-electron chi connectivity index (χ2n) is 6.95. The van der Waals surface area contributed by atoms with Crippen LogP contribution in [0, 0.1) is 0 Å². The Morgan fingerprint density at radius 1 is 1.24 bits per heavy atom. The van der Waals surface area contributed by atoms with Crippen LogP contribution in [0.15, 0.2) is 59.8 Å². The van der Waals surface area contributed by atoms with Crippen LogP contribution in [-0.4, -0.2) is 43.2 Å². The Morgan fingerprint density at radius 2 is 2.03 bits per heavy atom. The molecule has 1 amide bonds. The molecule has 1 unspecified atom stereocenters. The van der Waals surface area contributed by atoms with Crippen molar-refractivity contribution < 1.29 is 9.90 Å². The molecule has 0 saturated heterocycles. The van der Waals surface area contributed by atoms with Crippen molar-refractivity contribution in [3.05, 3.63) is 76.5 Å². The maximum Gasteiger partial charge on any atom is 0.220 e. The van der Waals surface area contributed by atoms with Gasteiger partial charge < -0.3 is 10.4 Å². The molecule has 0 saturated carbocycles. The van der Waals surface area contributed by atoms with Crippen LogP contribution >= 0.6 is 0 Å². The highest BCUT2D eigenvalue weighted by Gasteiger charge is 2.08. The molecule has 2 aromatic heterocycles. The van der Waals surface area contributed by atoms with E-state index in [1.807, 2.05) is 36.5 Å². The quantitative estimate of drug-likeness (QED) is 0.569. The summed E-state index contributed by atoms with van der Waals surface area (Å²) < 4.78 is 3.38. The van der Waals surface area contributed by atoms with Crippen LogP contribution in [0.2, 0.25) is 0 Å². The summed E-state index contributed by atoms with van der Waals surface area (Å²) in [5, 5.41) is 20.6. The minimum absolute atomic E-state index is 0.0918. The third-order valence-electron chi connectivity index (χ3n) is 4.36. The van der Waals surface area contributed by atoms with E-state index in [-0.39, 0.29) is 17.9 Å². The van der Waals surface area contributed by atoms with Crippen LogP contribution in [0.4, 0.5) is 0 Å². The molecule has 0 aliphatic carbocycles. The van der Waals surface area contributed by atoms with Gasteiger partial charge in [0.2, 0.25) is 11.3 Å². The predicted octanol–water partition coefficient (Wildman–Crippen LogP) is 1.30. The third kappa shape index (κ3) is 6.11. The first-order valence-corrected chi connectivity index (χ1v) is 9.61. The largest absolute Gasteiger partial charge is 0.392 e. The summed E-state index contributed by atoms with van der Waals surface area (Å²) in [6.07, 6.45) is 6.04. The van der Waals surface area contributed by atoms with Crippen LogP contribution in [0.3, 0.4) is 0 Å². The molecule has 8 heteroatoms. The SMILES string of the molecule is CC(O)CNC(=O)CCCn1cc(-n2ccc(=O)c(Cc3ccccc3)n2)cn1. The maximum atomic E-state index is 12.2. The lowest BCUT2D eigenvalue weighted by atomic mass is 10.1. The fourth-order valence-corrected chi connectivity index (χ4v) is 2.85. The number of aliphatic hydroxyl groups is 1. The fraction of sp³-hybridized carbons (Fsp3) is 0.333. The summed E-state index contributed by atoms with van der Waals surface area (Å²) in [6.45, 7) is 2.47. The van der Waals surface area contributed by atoms with Gasteiger partial charge in [0.25, 0.3) is 0 Å². The van der Waals surface area contributed by atoms with Crippen molar-refractivity contribution in [2.45, 2.75) is 38.8 Å². The lowest BCUT2D eigenvalue weighted by Crippen LogP contribution is -2.30. The lowest BCUT2D eigenvalue weighted by Gasteiger charge is -2.07. The Kier molecular flexibility index (Phi) is 6.91. The van der Waals surface area contributed by atoms with E-state index in [2.05, 4.69) is 15.5 Å². The Morgan fingerprint density at radius 3 is 2.79 bits per heavy atom. The standard InChI is InChI=1S/C21H25N5O3/c1-16(27)13-22-21(29)8-5-10-25-15-18(14-23-25)26-11-9-20(28)19(24-26)12-17-6-3-2-4-7-17/h2-4,6-7,9,11,14-16,27H,5,8,10,12-13H2,1H3,(H,22,29). The van der Waals surface area contributed by atoms with Gasteiger partial charge >= 0.3 is 0 Å². The number of aliphatic hydroxyl groups excluding tert-OH is 1. The molecule has 0 bridgehead atoms. The number of carbonyl (C=O) groups excluding carboxylic acids is 1. The summed E-state index contributed by atoms with van der Waals surface area (Å²) in [4.78, 5) is 23.9. The number of aromatic nitrogens is 4. The van der Waals surface area contributed by atoms with E-state index in [1.54, 1.807) is 28.7 Å². The Bertz CT molecular complexity index is 995. The zero-order valence-corrected chi connectivity index (χ0v) is 16.4. The number of aryl methyl sites for hydroxylation is 1. The van der Waals surface area contributed by atoms with E-state index in [9.17, 15) is 14.7 Å². The molecule has 0 aliphatic heterocycles. The Balaban J connectivity index is 1.60. The fourth-order valence-electron chi connectivity index (χ4n) is 2.85. The van der Waals surface area contributed by atoms with Gasteiger partial charge in [0.1, 0.15) is 11.4 Å². The van der Waals surface area contributed by atoms with Crippen LogP contribution in [0.1, 0.15) is 31.0 Å². The smallest absolute Gasteiger partial charge is 0.220 e. The van der Waals surface area contributed by atoms with Crippen LogP contribution in [0.5, 0.6) is 0 Å². The number of carbonyl (C=O) groups is 1. The van der Waals surface area contributed by atoms with E-state index in [0.29, 0.717) is 31.5 Å². The Hall–Kier alpha value is -3.26. The van der Waals surface area contributed by atoms with Gasteiger partial charge in [-0.15, -0.1) is 0 Å². The molecule has 2 N–H and O–H groups in total. The first-order valence-electron chi connectivity index (χ1n) is 9.61. The number of nitrogens with one attached hydrogen (secondary N) is 1. The van der Waals surface area contributed by atoms with Gasteiger partial charge in [-0.2, -0.15) is 10.2 Å². The molecule has 0 radical (unpaired) electrons. The summed E-state index contributed by atoms with van der Waals surface area (Å²) in [6, 6.07) is 11.2. The van der Waals surface area contributed by atoms with Crippen molar-refractivity contribution >= 4 is 5.91 Å². The van der Waals surface area contributed by atoms with Crippen molar-refractivity contribution in [2.24, 2.45) is 0 Å². The predicted molar refractivity (Wildman–Crippen MR) is 109 cm³/mol. The average molecular weight is 395 g/mol. The van der Waals surface area contributed by atoms with Crippen molar-refractivity contribution in [2.75, 3.05) is 6.54 Å². The van der Waals surface area contributed by atoms with Gasteiger partial charge in [-0.3, -0.25) is 14.3 Å². The molecule has 3 aromatic rings. The van der Waals surface area contributed by atoms with E-state index in [0.717, 1.165) is 11.3 Å². The molecule has 2 heterocycles. The Labute approximate surface area is 168 Å². The number of hydrogen-bond donors (Lipinski definition) is 2. The molecule has 0 spiro atoms. The molecule has 1 aromatic carbocycles. The van der Waals surface area contributed by atoms with Crippen molar-refractivity contribution in [3.8, 4) is 5.69 Å². The third-order valence-corrected chi connectivity index (χ3v) is 4.36. The molecule has 8 nitrogen and oxygen atoms in total. The van der Waals surface area contributed by atoms with Crippen molar-refractivity contribution in [1.82, 2.24) is 24.9 Å². The molecule has 0 fully saturated rings. The van der Waals surface area contributed by atoms with Crippen LogP contribution in [0.25, 0.3) is 5.69 Å². The van der Waals surface area contributed by atoms with Crippen LogP contribution < -0.4 is 10.7 Å². The van der Waals surface area contributed by atoms with Gasteiger partial charge in [-0.05, 0) is 18.9 Å². The number of benzene rings is 1. The van der Waals surface area contributed by atoms with E-state index in [4.69, 9.17) is 0 Å². The number of amides is 1. The minimum atomic E-state index is -0.551. The second kappa shape index (κ2) is 9.79. The van der Waals surface area contributed by atoms with Gasteiger partial charge in [0, 0.05) is 38.2 Å². The highest BCUT2D eigenvalue weighted by molar-refractivity contribution is 5.75. The molecular weight excluding hydrogens is 370 g/mol. The molecule has 1 atom stereocenters. The highest BCUT2D eigenvalue weighted by Crippen LogP contribution is 2.08. The average Bonchev–Trinajstić information content (AvgIpc) is 3.18. The van der Waals surface area contributed by atoms with E-state index >= 15 is 0 Å². The molecule has 3 rings (SSSR count). The molecule has 29 heavy (non-hydrogen) atoms. The highest BCUT2D eigenvalue weighted by atomic mass is 16.3. The maximum absolute atomic E-state index is 12.2. The first-order chi connectivity index (χ1) is 14.0. The molecular formula is C21H25N5O3. The number of hydrogen-bond acceptors (Lipinski definition) is 5. The van der Waals surface area contributed by atoms with Crippen molar-refractivity contribution in [1.29, 1.82) is 0 Å². The van der Waals surface area contributed by atoms with E-state index < -0.39 is 6.10 Å². The summed E-state index contributed by atoms with van der Waals surface area (Å²) in [7, 11) is 0. The minimum Gasteiger partial charge on any atom is -0.392 e. The van der Waals surface area contributed by atoms with Gasteiger partial charge in [-0.1, -0.05) is 30.3 Å². The van der Waals surface area contributed by atoms with Crippen molar-refractivity contribution in [3.63, 3.8) is 0 Å².